The van der Waals surface area contributed by atoms with Crippen molar-refractivity contribution in [2.45, 2.75) is 39.2 Å². The van der Waals surface area contributed by atoms with E-state index in [0.717, 1.165) is 0 Å². The van der Waals surface area contributed by atoms with Crippen LogP contribution < -0.4 is 5.73 Å². The highest BCUT2D eigenvalue weighted by molar-refractivity contribution is 5.89. The maximum Gasteiger partial charge on any atom is 0.408 e. The minimum absolute atomic E-state index is 0.384. The first-order valence-corrected chi connectivity index (χ1v) is 5.04. The van der Waals surface area contributed by atoms with E-state index < -0.39 is 23.0 Å². The predicted molar refractivity (Wildman–Crippen MR) is 55.3 cm³/mol. The van der Waals surface area contributed by atoms with Crippen molar-refractivity contribution < 1.29 is 14.7 Å². The number of amides is 2. The van der Waals surface area contributed by atoms with E-state index in [1.54, 1.807) is 0 Å². The Morgan fingerprint density at radius 1 is 1.40 bits per heavy atom. The molecule has 1 fully saturated rings. The van der Waals surface area contributed by atoms with Gasteiger partial charge in [0.15, 0.2) is 0 Å². The smallest absolute Gasteiger partial charge is 0.408 e. The molecule has 0 aromatic carbocycles. The molecule has 0 saturated carbocycles. The number of rotatable bonds is 1. The summed E-state index contributed by atoms with van der Waals surface area (Å²) in [5.74, 6) is -0.546. The van der Waals surface area contributed by atoms with Crippen LogP contribution in [0.25, 0.3) is 0 Å². The van der Waals surface area contributed by atoms with Gasteiger partial charge >= 0.3 is 6.09 Å². The van der Waals surface area contributed by atoms with Gasteiger partial charge in [-0.25, -0.2) is 4.79 Å². The molecule has 1 heterocycles. The van der Waals surface area contributed by atoms with Gasteiger partial charge in [-0.2, -0.15) is 0 Å². The van der Waals surface area contributed by atoms with Crippen molar-refractivity contribution in [1.82, 2.24) is 4.90 Å². The number of primary amides is 1. The van der Waals surface area contributed by atoms with Gasteiger partial charge in [0.2, 0.25) is 5.91 Å². The van der Waals surface area contributed by atoms with Gasteiger partial charge in [-0.15, -0.1) is 0 Å². The number of carbonyl (C=O) groups is 2. The van der Waals surface area contributed by atoms with Gasteiger partial charge in [0, 0.05) is 6.54 Å². The maximum absolute atomic E-state index is 11.6. The number of hydrogen-bond donors (Lipinski definition) is 2. The van der Waals surface area contributed by atoms with Crippen molar-refractivity contribution in [2.24, 2.45) is 11.1 Å². The Hall–Kier alpha value is -1.26. The van der Waals surface area contributed by atoms with Crippen LogP contribution in [0.2, 0.25) is 0 Å². The van der Waals surface area contributed by atoms with Gasteiger partial charge in [0.1, 0.15) is 5.54 Å². The first-order valence-electron chi connectivity index (χ1n) is 5.04. The molecule has 1 aliphatic rings. The second-order valence-corrected chi connectivity index (χ2v) is 5.01. The van der Waals surface area contributed by atoms with Crippen LogP contribution in [0.1, 0.15) is 33.6 Å². The molecule has 1 aliphatic heterocycles. The lowest BCUT2D eigenvalue weighted by Gasteiger charge is -2.44. The lowest BCUT2D eigenvalue weighted by atomic mass is 9.71. The topological polar surface area (TPSA) is 83.6 Å². The highest BCUT2D eigenvalue weighted by Crippen LogP contribution is 2.43. The molecule has 0 spiro atoms. The molecule has 0 radical (unpaired) electrons. The van der Waals surface area contributed by atoms with Crippen molar-refractivity contribution in [2.75, 3.05) is 6.54 Å². The minimum atomic E-state index is -1.07. The van der Waals surface area contributed by atoms with Crippen LogP contribution in [0.5, 0.6) is 0 Å². The number of nitrogens with two attached hydrogens (primary N) is 1. The van der Waals surface area contributed by atoms with E-state index in [4.69, 9.17) is 10.8 Å². The summed E-state index contributed by atoms with van der Waals surface area (Å²) in [7, 11) is 0. The van der Waals surface area contributed by atoms with Crippen LogP contribution in [0, 0.1) is 5.41 Å². The van der Waals surface area contributed by atoms with Crippen molar-refractivity contribution in [3.05, 3.63) is 0 Å². The normalized spacial score (nSPS) is 26.7. The molecule has 1 atom stereocenters. The molecule has 1 saturated heterocycles. The Bertz CT molecular complexity index is 296. The Morgan fingerprint density at radius 2 is 1.93 bits per heavy atom. The standard InChI is InChI=1S/C10H18N2O3/c1-9(2,3)10(7(11)13)5-4-6-12(10)8(14)15/h4-6H2,1-3H3,(H2,11,13)(H,14,15)/t10-/m1/s1. The van der Waals surface area contributed by atoms with E-state index in [1.807, 2.05) is 20.8 Å². The van der Waals surface area contributed by atoms with E-state index in [9.17, 15) is 9.59 Å². The van der Waals surface area contributed by atoms with E-state index in [2.05, 4.69) is 0 Å². The molecule has 0 aliphatic carbocycles. The second-order valence-electron chi connectivity index (χ2n) is 5.01. The van der Waals surface area contributed by atoms with Crippen LogP contribution in [-0.4, -0.2) is 34.1 Å². The predicted octanol–water partition coefficient (Wildman–Crippen LogP) is 1.03. The third kappa shape index (κ3) is 1.56. The SMILES string of the molecule is CC(C)(C)[C@]1(C(N)=O)CCCN1C(=O)O. The van der Waals surface area contributed by atoms with Gasteiger partial charge in [-0.3, -0.25) is 9.69 Å². The summed E-state index contributed by atoms with van der Waals surface area (Å²) in [5, 5.41) is 9.08. The molecule has 0 aromatic heterocycles. The molecule has 2 amide bonds. The number of likely N-dealkylation sites (tertiary alicyclic amines) is 1. The third-order valence-corrected chi connectivity index (χ3v) is 3.26. The van der Waals surface area contributed by atoms with Crippen molar-refractivity contribution in [3.63, 3.8) is 0 Å². The molecule has 5 nitrogen and oxygen atoms in total. The van der Waals surface area contributed by atoms with Gasteiger partial charge in [-0.05, 0) is 18.3 Å². The molecule has 5 heteroatoms. The molecule has 15 heavy (non-hydrogen) atoms. The fourth-order valence-electron chi connectivity index (χ4n) is 2.48. The third-order valence-electron chi connectivity index (χ3n) is 3.26. The van der Waals surface area contributed by atoms with Gasteiger partial charge in [0.05, 0.1) is 0 Å². The lowest BCUT2D eigenvalue weighted by molar-refractivity contribution is -0.134. The number of carboxylic acid groups (broad SMARTS) is 1. The number of nitrogens with zero attached hydrogens (tertiary/aromatic N) is 1. The Morgan fingerprint density at radius 3 is 2.20 bits per heavy atom. The quantitative estimate of drug-likeness (QED) is 0.683. The molecule has 86 valence electrons. The summed E-state index contributed by atoms with van der Waals surface area (Å²) in [4.78, 5) is 23.9. The number of carbonyl (C=O) groups excluding carboxylic acids is 1. The summed E-state index contributed by atoms with van der Waals surface area (Å²) >= 11 is 0. The molecule has 0 bridgehead atoms. The summed E-state index contributed by atoms with van der Waals surface area (Å²) in [6, 6.07) is 0. The monoisotopic (exact) mass is 214 g/mol. The van der Waals surface area contributed by atoms with Crippen LogP contribution >= 0.6 is 0 Å². The fraction of sp³-hybridized carbons (Fsp3) is 0.800. The largest absolute Gasteiger partial charge is 0.465 e. The Labute approximate surface area is 89.2 Å². The van der Waals surface area contributed by atoms with Gasteiger partial charge in [0.25, 0.3) is 0 Å². The summed E-state index contributed by atoms with van der Waals surface area (Å²) in [6.07, 6.45) is 0.131. The van der Waals surface area contributed by atoms with Crippen molar-refractivity contribution >= 4 is 12.0 Å². The van der Waals surface area contributed by atoms with E-state index >= 15 is 0 Å². The highest BCUT2D eigenvalue weighted by atomic mass is 16.4. The maximum atomic E-state index is 11.6. The zero-order valence-electron chi connectivity index (χ0n) is 9.41. The van der Waals surface area contributed by atoms with Crippen LogP contribution in [0.4, 0.5) is 4.79 Å². The lowest BCUT2D eigenvalue weighted by Crippen LogP contribution is -2.62. The van der Waals surface area contributed by atoms with Crippen molar-refractivity contribution in [3.8, 4) is 0 Å². The van der Waals surface area contributed by atoms with E-state index in [-0.39, 0.29) is 0 Å². The molecule has 3 N–H and O–H groups in total. The Balaban J connectivity index is 3.22. The molecule has 1 rings (SSSR count). The van der Waals surface area contributed by atoms with Crippen molar-refractivity contribution in [1.29, 1.82) is 0 Å². The first kappa shape index (κ1) is 11.8. The molecular weight excluding hydrogens is 196 g/mol. The Kier molecular flexibility index (Phi) is 2.67. The van der Waals surface area contributed by atoms with Crippen LogP contribution in [0.3, 0.4) is 0 Å². The average Bonchev–Trinajstić information content (AvgIpc) is 2.45. The minimum Gasteiger partial charge on any atom is -0.465 e. The van der Waals surface area contributed by atoms with Gasteiger partial charge in [-0.1, -0.05) is 20.8 Å². The van der Waals surface area contributed by atoms with Crippen LogP contribution in [-0.2, 0) is 4.79 Å². The highest BCUT2D eigenvalue weighted by Gasteiger charge is 2.56. The summed E-state index contributed by atoms with van der Waals surface area (Å²) in [6.45, 7) is 5.92. The number of hydrogen-bond acceptors (Lipinski definition) is 2. The van der Waals surface area contributed by atoms with Crippen LogP contribution in [0.15, 0.2) is 0 Å². The second kappa shape index (κ2) is 3.40. The zero-order chi connectivity index (χ0) is 11.9. The first-order chi connectivity index (χ1) is 6.73. The molecular formula is C10H18N2O3. The van der Waals surface area contributed by atoms with Gasteiger partial charge < -0.3 is 10.8 Å². The molecule has 0 unspecified atom stereocenters. The van der Waals surface area contributed by atoms with E-state index in [1.165, 1.54) is 4.90 Å². The summed E-state index contributed by atoms with van der Waals surface area (Å²) < 4.78 is 0. The average molecular weight is 214 g/mol. The fourth-order valence-corrected chi connectivity index (χ4v) is 2.48. The zero-order valence-corrected chi connectivity index (χ0v) is 9.41. The van der Waals surface area contributed by atoms with E-state index in [0.29, 0.717) is 19.4 Å². The molecule has 0 aromatic rings. The summed E-state index contributed by atoms with van der Waals surface area (Å²) in [5.41, 5.74) is 3.87.